The molecule has 2 aliphatic carbocycles. The Kier molecular flexibility index (Phi) is 15.9. The summed E-state index contributed by atoms with van der Waals surface area (Å²) in [5.74, 6) is 4.91. The molecular weight excluding hydrogens is 1610 g/mol. The number of ether oxygens (including phenoxy) is 2. The SMILES string of the molecule is Brc1ccc2c(c1)C1(c3ccccc3Oc3c1oc1ccccc31)c1cc(Br)ccc1-2.OB(O)c1ccc2c(c1)c1ccccc1n2-c1ccccc1.c1ccc(-n2c3ccccc3c3cc(-c4ccc5c(c4)C4(c6ccccc6Oc6c4oc4ccccc64)c4cc(-c6ccc7c(c6)c6ccccc6n7-c6ccccc6)ccc4-5)ccc32)cc1. The first-order valence-corrected chi connectivity index (χ1v) is 41.9. The van der Waals surface area contributed by atoms with Crippen LogP contribution in [0.4, 0.5) is 0 Å². The average molecular weight is 1670 g/mol. The Balaban J connectivity index is 0.000000126. The van der Waals surface area contributed by atoms with Gasteiger partial charge in [0, 0.05) is 69.5 Å². The number of hydrogen-bond acceptors (Lipinski definition) is 6. The molecule has 9 nitrogen and oxygen atoms in total. The standard InChI is InChI=1S/C63H38N2O2.C27H14Br2O2.C18H14BNO2/c1-3-15-43(16-4-1)64-55-23-11-7-19-47(55)50-35-39(29-33-57(50)64)41-27-31-45-46-32-28-42(40-30-34-58-51(36-40)48-20-8-12-24-56(48)65(58)44-17-5-2-6-18-44)38-54(46)63(53(45)37-41)52-22-10-14-26-60(52)66-61-49-21-9-13-25-59(49)67-62(61)63;28-15-9-11-17-18-12-10-16(29)14-22(18)27(21(17)13-15)20-6-2-4-8-24(20)30-25-19-5-1-3-7-23(19)31-26(25)27;21-19(22)13-10-11-18-16(12-13)15-8-4-5-9-17(15)20(18)14-6-2-1-3-7-14/h1-38H;1-14H;1-12,21-22H. The van der Waals surface area contributed by atoms with Gasteiger partial charge in [-0.15, -0.1) is 0 Å². The van der Waals surface area contributed by atoms with Gasteiger partial charge >= 0.3 is 7.12 Å². The van der Waals surface area contributed by atoms with Crippen molar-refractivity contribution < 1.29 is 28.4 Å². The topological polar surface area (TPSA) is 100.0 Å². The maximum Gasteiger partial charge on any atom is 0.488 e. The van der Waals surface area contributed by atoms with Crippen LogP contribution in [0.2, 0.25) is 0 Å². The zero-order valence-corrected chi connectivity index (χ0v) is 67.3. The minimum atomic E-state index is -1.46. The van der Waals surface area contributed by atoms with E-state index in [1.807, 2.05) is 72.8 Å². The Bertz CT molecular complexity index is 7760. The maximum atomic E-state index is 9.43. The van der Waals surface area contributed by atoms with Crippen LogP contribution in [0.25, 0.3) is 149 Å². The molecule has 0 fully saturated rings. The van der Waals surface area contributed by atoms with Crippen LogP contribution < -0.4 is 14.9 Å². The van der Waals surface area contributed by atoms with E-state index >= 15 is 0 Å². The molecule has 22 aromatic rings. The second-order valence-corrected chi connectivity index (χ2v) is 33.1. The summed E-state index contributed by atoms with van der Waals surface area (Å²) in [6.07, 6.45) is 0. The summed E-state index contributed by atoms with van der Waals surface area (Å²) in [7, 11) is -1.46. The smallest absolute Gasteiger partial charge is 0.455 e. The van der Waals surface area contributed by atoms with Crippen LogP contribution >= 0.6 is 31.9 Å². The lowest BCUT2D eigenvalue weighted by Gasteiger charge is -2.36. The minimum absolute atomic E-state index is 0.503. The first-order chi connectivity index (χ1) is 59.1. The van der Waals surface area contributed by atoms with Gasteiger partial charge in [-0.05, 0) is 230 Å². The summed E-state index contributed by atoms with van der Waals surface area (Å²) in [4.78, 5) is 0. The molecule has 120 heavy (non-hydrogen) atoms. The number of benzene rings is 17. The molecule has 0 atom stereocenters. The van der Waals surface area contributed by atoms with E-state index in [-0.39, 0.29) is 0 Å². The van der Waals surface area contributed by atoms with Gasteiger partial charge < -0.3 is 42.1 Å². The fourth-order valence-electron chi connectivity index (χ4n) is 20.0. The quantitative estimate of drug-likeness (QED) is 0.161. The Morgan fingerprint density at radius 1 is 0.250 bits per heavy atom. The molecule has 17 aromatic carbocycles. The van der Waals surface area contributed by atoms with Crippen LogP contribution in [-0.2, 0) is 10.8 Å². The summed E-state index contributed by atoms with van der Waals surface area (Å²) in [5.41, 5.74) is 27.4. The molecule has 2 aliphatic heterocycles. The first kappa shape index (κ1) is 70.0. The molecule has 566 valence electrons. The van der Waals surface area contributed by atoms with Crippen molar-refractivity contribution in [2.24, 2.45) is 0 Å². The second-order valence-electron chi connectivity index (χ2n) is 31.3. The van der Waals surface area contributed by atoms with E-state index in [4.69, 9.17) is 18.3 Å². The fourth-order valence-corrected chi connectivity index (χ4v) is 20.7. The maximum absolute atomic E-state index is 9.43. The lowest BCUT2D eigenvalue weighted by atomic mass is 9.68. The number of halogens is 2. The molecule has 26 rings (SSSR count). The average Bonchev–Trinajstić information content (AvgIpc) is 1.51. The van der Waals surface area contributed by atoms with Crippen LogP contribution in [0, 0.1) is 0 Å². The van der Waals surface area contributed by atoms with Gasteiger partial charge in [-0.1, -0.05) is 262 Å². The van der Waals surface area contributed by atoms with E-state index in [1.54, 1.807) is 6.07 Å². The molecule has 0 saturated carbocycles. The normalized spacial score (nSPS) is 13.3. The molecule has 0 unspecified atom stereocenters. The van der Waals surface area contributed by atoms with Crippen LogP contribution in [0.3, 0.4) is 0 Å². The van der Waals surface area contributed by atoms with Crippen molar-refractivity contribution in [3.8, 4) is 84.6 Å². The molecule has 0 radical (unpaired) electrons. The number of fused-ring (bicyclic) bond motifs is 31. The zero-order chi connectivity index (χ0) is 79.6. The molecule has 0 saturated heterocycles. The van der Waals surface area contributed by atoms with E-state index < -0.39 is 17.9 Å². The molecule has 7 heterocycles. The molecule has 12 heteroatoms. The lowest BCUT2D eigenvalue weighted by molar-refractivity contribution is 0.389. The van der Waals surface area contributed by atoms with Crippen LogP contribution in [0.1, 0.15) is 44.9 Å². The molecule has 4 aliphatic rings. The van der Waals surface area contributed by atoms with E-state index in [0.717, 1.165) is 138 Å². The van der Waals surface area contributed by atoms with Gasteiger partial charge in [-0.2, -0.15) is 0 Å². The molecule has 0 bridgehead atoms. The monoisotopic (exact) mass is 1670 g/mol. The van der Waals surface area contributed by atoms with E-state index in [1.165, 1.54) is 88.1 Å². The third-order valence-electron chi connectivity index (χ3n) is 25.0. The van der Waals surface area contributed by atoms with Gasteiger partial charge in [0.25, 0.3) is 0 Å². The molecule has 2 spiro atoms. The number of nitrogens with zero attached hydrogens (tertiary/aromatic N) is 3. The number of rotatable bonds is 6. The van der Waals surface area contributed by atoms with E-state index in [0.29, 0.717) is 5.46 Å². The highest BCUT2D eigenvalue weighted by Crippen LogP contribution is 2.67. The predicted octanol–water partition coefficient (Wildman–Crippen LogP) is 27.3. The second kappa shape index (κ2) is 27.2. The van der Waals surface area contributed by atoms with Crippen molar-refractivity contribution in [2.45, 2.75) is 10.8 Å². The Hall–Kier alpha value is -14.2. The zero-order valence-electron chi connectivity index (χ0n) is 64.2. The molecule has 2 N–H and O–H groups in total. The Morgan fingerprint density at radius 2 is 0.558 bits per heavy atom. The van der Waals surface area contributed by atoms with Crippen molar-refractivity contribution in [2.75, 3.05) is 0 Å². The number of aromatic nitrogens is 3. The van der Waals surface area contributed by atoms with Gasteiger partial charge in [0.05, 0.1) is 43.9 Å². The molecular formula is C108H66BBr2N3O6. The molecule has 5 aromatic heterocycles. The van der Waals surface area contributed by atoms with E-state index in [9.17, 15) is 10.0 Å². The largest absolute Gasteiger partial charge is 0.488 e. The highest BCUT2D eigenvalue weighted by atomic mass is 79.9. The van der Waals surface area contributed by atoms with E-state index in [2.05, 4.69) is 355 Å². The van der Waals surface area contributed by atoms with Crippen LogP contribution in [0.15, 0.2) is 406 Å². The summed E-state index contributed by atoms with van der Waals surface area (Å²) in [6.45, 7) is 0. The Morgan fingerprint density at radius 3 is 0.967 bits per heavy atom. The number of furan rings is 2. The van der Waals surface area contributed by atoms with Crippen molar-refractivity contribution >= 4 is 132 Å². The van der Waals surface area contributed by atoms with Crippen LogP contribution in [-0.4, -0.2) is 30.9 Å². The summed E-state index contributed by atoms with van der Waals surface area (Å²) >= 11 is 7.44. The van der Waals surface area contributed by atoms with Crippen molar-refractivity contribution in [1.29, 1.82) is 0 Å². The molecule has 0 amide bonds. The van der Waals surface area contributed by atoms with Gasteiger partial charge in [0.2, 0.25) is 0 Å². The highest BCUT2D eigenvalue weighted by molar-refractivity contribution is 9.10. The van der Waals surface area contributed by atoms with Gasteiger partial charge in [0.1, 0.15) is 33.5 Å². The summed E-state index contributed by atoms with van der Waals surface area (Å²) < 4.78 is 36.2. The van der Waals surface area contributed by atoms with Gasteiger partial charge in [-0.3, -0.25) is 0 Å². The highest BCUT2D eigenvalue weighted by Gasteiger charge is 2.56. The third kappa shape index (κ3) is 10.3. The van der Waals surface area contributed by atoms with Crippen LogP contribution in [0.5, 0.6) is 23.0 Å². The predicted molar refractivity (Wildman–Crippen MR) is 493 cm³/mol. The number of para-hydroxylation sites is 10. The lowest BCUT2D eigenvalue weighted by Crippen LogP contribution is -2.31. The summed E-state index contributed by atoms with van der Waals surface area (Å²) in [5, 5.41) is 27.8. The van der Waals surface area contributed by atoms with Crippen molar-refractivity contribution in [3.63, 3.8) is 0 Å². The third-order valence-corrected chi connectivity index (χ3v) is 26.0. The van der Waals surface area contributed by atoms with Gasteiger partial charge in [-0.25, -0.2) is 0 Å². The van der Waals surface area contributed by atoms with Gasteiger partial charge in [0.15, 0.2) is 23.0 Å². The summed E-state index contributed by atoms with van der Waals surface area (Å²) in [6, 6.07) is 137. The van der Waals surface area contributed by atoms with Crippen molar-refractivity contribution in [3.05, 3.63) is 442 Å². The number of hydrogen-bond donors (Lipinski definition) is 2. The fraction of sp³-hybridized carbons (Fsp3) is 0.0185. The Labute approximate surface area is 706 Å². The van der Waals surface area contributed by atoms with Crippen molar-refractivity contribution in [1.82, 2.24) is 13.7 Å². The first-order valence-electron chi connectivity index (χ1n) is 40.3. The minimum Gasteiger partial charge on any atom is -0.455 e.